The fourth-order valence-electron chi connectivity index (χ4n) is 2.47. The van der Waals surface area contributed by atoms with Crippen LogP contribution in [0.25, 0.3) is 6.08 Å². The van der Waals surface area contributed by atoms with Crippen molar-refractivity contribution in [2.45, 2.75) is 32.2 Å². The first kappa shape index (κ1) is 13.9. The number of nitrogens with zero attached hydrogens (tertiary/aromatic N) is 1. The minimum atomic E-state index is -0.968. The maximum Gasteiger partial charge on any atom is 0.328 e. The summed E-state index contributed by atoms with van der Waals surface area (Å²) in [5, 5.41) is 9.21. The molecule has 1 N–H and O–H groups in total. The van der Waals surface area contributed by atoms with Gasteiger partial charge in [0.05, 0.1) is 0 Å². The third-order valence-electron chi connectivity index (χ3n) is 3.52. The molecule has 0 aliphatic carbocycles. The molecular formula is C15H18ClNO2. The number of aliphatic carboxylic acids is 1. The van der Waals surface area contributed by atoms with Crippen molar-refractivity contribution >= 4 is 29.3 Å². The highest BCUT2D eigenvalue weighted by Crippen LogP contribution is 2.29. The highest BCUT2D eigenvalue weighted by atomic mass is 35.5. The van der Waals surface area contributed by atoms with Crippen molar-refractivity contribution in [3.8, 4) is 0 Å². The van der Waals surface area contributed by atoms with Gasteiger partial charge in [0.1, 0.15) is 0 Å². The normalized spacial score (nSPS) is 19.9. The molecule has 1 unspecified atom stereocenters. The summed E-state index contributed by atoms with van der Waals surface area (Å²) in [5.74, 6) is -0.968. The molecule has 1 aromatic carbocycles. The third-order valence-corrected chi connectivity index (χ3v) is 3.85. The molecule has 0 spiro atoms. The van der Waals surface area contributed by atoms with Gasteiger partial charge in [-0.15, -0.1) is 0 Å². The first-order chi connectivity index (χ1) is 9.08. The second kappa shape index (κ2) is 6.11. The van der Waals surface area contributed by atoms with E-state index in [0.29, 0.717) is 11.1 Å². The number of anilines is 1. The molecule has 1 saturated heterocycles. The molecule has 0 bridgehead atoms. The molecule has 4 heteroatoms. The average molecular weight is 280 g/mol. The van der Waals surface area contributed by atoms with Crippen LogP contribution in [0.5, 0.6) is 0 Å². The molecular weight excluding hydrogens is 262 g/mol. The van der Waals surface area contributed by atoms with Crippen LogP contribution in [0, 0.1) is 0 Å². The van der Waals surface area contributed by atoms with Gasteiger partial charge in [0.15, 0.2) is 0 Å². The topological polar surface area (TPSA) is 40.5 Å². The number of carbonyl (C=O) groups is 1. The van der Waals surface area contributed by atoms with Gasteiger partial charge in [-0.05, 0) is 50.0 Å². The Hall–Kier alpha value is -1.48. The van der Waals surface area contributed by atoms with E-state index in [4.69, 9.17) is 16.7 Å². The molecule has 0 aromatic heterocycles. The molecule has 2 rings (SSSR count). The van der Waals surface area contributed by atoms with Gasteiger partial charge in [-0.25, -0.2) is 4.79 Å². The predicted molar refractivity (Wildman–Crippen MR) is 78.8 cm³/mol. The fourth-order valence-corrected chi connectivity index (χ4v) is 2.71. The van der Waals surface area contributed by atoms with Crippen LogP contribution in [0.2, 0.25) is 5.02 Å². The van der Waals surface area contributed by atoms with Gasteiger partial charge in [-0.2, -0.15) is 0 Å². The second-order valence-electron chi connectivity index (χ2n) is 4.92. The Morgan fingerprint density at radius 2 is 2.26 bits per heavy atom. The van der Waals surface area contributed by atoms with Crippen LogP contribution in [0.3, 0.4) is 0 Å². The Morgan fingerprint density at radius 3 is 2.89 bits per heavy atom. The summed E-state index contributed by atoms with van der Waals surface area (Å²) in [7, 11) is 0. The van der Waals surface area contributed by atoms with E-state index < -0.39 is 5.97 Å². The lowest BCUT2D eigenvalue weighted by Crippen LogP contribution is -2.37. The summed E-state index contributed by atoms with van der Waals surface area (Å²) < 4.78 is 0. The number of hydrogen-bond donors (Lipinski definition) is 1. The van der Waals surface area contributed by atoms with E-state index in [-0.39, 0.29) is 0 Å². The summed E-state index contributed by atoms with van der Waals surface area (Å²) >= 11 is 6.21. The molecule has 0 radical (unpaired) electrons. The molecule has 0 amide bonds. The summed E-state index contributed by atoms with van der Waals surface area (Å²) in [5.41, 5.74) is 1.85. The van der Waals surface area contributed by atoms with Gasteiger partial charge in [0.25, 0.3) is 0 Å². The summed E-state index contributed by atoms with van der Waals surface area (Å²) in [6.45, 7) is 3.28. The van der Waals surface area contributed by atoms with E-state index in [1.54, 1.807) is 0 Å². The third kappa shape index (κ3) is 3.51. The van der Waals surface area contributed by atoms with Crippen LogP contribution in [0.1, 0.15) is 31.7 Å². The van der Waals surface area contributed by atoms with Crippen LogP contribution in [-0.2, 0) is 4.79 Å². The zero-order valence-corrected chi connectivity index (χ0v) is 11.7. The molecule has 3 nitrogen and oxygen atoms in total. The van der Waals surface area contributed by atoms with Crippen molar-refractivity contribution in [2.75, 3.05) is 11.4 Å². The highest BCUT2D eigenvalue weighted by molar-refractivity contribution is 6.32. The van der Waals surface area contributed by atoms with Crippen LogP contribution in [-0.4, -0.2) is 23.7 Å². The maximum atomic E-state index is 10.5. The van der Waals surface area contributed by atoms with Crippen molar-refractivity contribution in [1.29, 1.82) is 0 Å². The van der Waals surface area contributed by atoms with Gasteiger partial charge in [-0.1, -0.05) is 17.7 Å². The van der Waals surface area contributed by atoms with Crippen molar-refractivity contribution in [3.05, 3.63) is 34.9 Å². The van der Waals surface area contributed by atoms with Gasteiger partial charge in [-0.3, -0.25) is 0 Å². The summed E-state index contributed by atoms with van der Waals surface area (Å²) in [6, 6.07) is 6.34. The van der Waals surface area contributed by atoms with Gasteiger partial charge in [0, 0.05) is 29.4 Å². The van der Waals surface area contributed by atoms with Crippen molar-refractivity contribution in [3.63, 3.8) is 0 Å². The number of rotatable bonds is 3. The molecule has 1 aliphatic rings. The van der Waals surface area contributed by atoms with Gasteiger partial charge >= 0.3 is 5.97 Å². The van der Waals surface area contributed by atoms with Crippen LogP contribution in [0.4, 0.5) is 5.69 Å². The first-order valence-corrected chi connectivity index (χ1v) is 6.93. The minimum absolute atomic E-state index is 0.533. The molecule has 19 heavy (non-hydrogen) atoms. The standard InChI is InChI=1S/C15H18ClNO2/c1-11-4-2-3-9-17(11)13-7-5-12(14(16)10-13)6-8-15(18)19/h5-8,10-11H,2-4,9H2,1H3,(H,18,19)/b8-6+. The molecule has 1 aromatic rings. The highest BCUT2D eigenvalue weighted by Gasteiger charge is 2.18. The van der Waals surface area contributed by atoms with Crippen LogP contribution < -0.4 is 4.90 Å². The predicted octanol–water partition coefficient (Wildman–Crippen LogP) is 3.82. The van der Waals surface area contributed by atoms with Crippen molar-refractivity contribution in [2.24, 2.45) is 0 Å². The van der Waals surface area contributed by atoms with Crippen molar-refractivity contribution < 1.29 is 9.90 Å². The Kier molecular flexibility index (Phi) is 4.48. The van der Waals surface area contributed by atoms with E-state index in [2.05, 4.69) is 11.8 Å². The van der Waals surface area contributed by atoms with E-state index in [0.717, 1.165) is 23.9 Å². The molecule has 1 heterocycles. The Morgan fingerprint density at radius 1 is 1.47 bits per heavy atom. The molecule has 1 aliphatic heterocycles. The molecule has 1 atom stereocenters. The number of carboxylic acids is 1. The molecule has 102 valence electrons. The second-order valence-corrected chi connectivity index (χ2v) is 5.32. The van der Waals surface area contributed by atoms with Crippen molar-refractivity contribution in [1.82, 2.24) is 0 Å². The smallest absolute Gasteiger partial charge is 0.328 e. The van der Waals surface area contributed by atoms with Crippen LogP contribution >= 0.6 is 11.6 Å². The lowest BCUT2D eigenvalue weighted by atomic mass is 10.0. The van der Waals surface area contributed by atoms with E-state index in [1.807, 2.05) is 18.2 Å². The Balaban J connectivity index is 2.20. The van der Waals surface area contributed by atoms with E-state index in [9.17, 15) is 4.79 Å². The average Bonchev–Trinajstić information content (AvgIpc) is 2.37. The Labute approximate surface area is 118 Å². The first-order valence-electron chi connectivity index (χ1n) is 6.55. The maximum absolute atomic E-state index is 10.5. The number of benzene rings is 1. The van der Waals surface area contributed by atoms with E-state index >= 15 is 0 Å². The van der Waals surface area contributed by atoms with E-state index in [1.165, 1.54) is 25.3 Å². The minimum Gasteiger partial charge on any atom is -0.478 e. The lowest BCUT2D eigenvalue weighted by molar-refractivity contribution is -0.131. The largest absolute Gasteiger partial charge is 0.478 e. The monoisotopic (exact) mass is 279 g/mol. The quantitative estimate of drug-likeness (QED) is 0.855. The zero-order valence-electron chi connectivity index (χ0n) is 11.0. The SMILES string of the molecule is CC1CCCCN1c1ccc(/C=C/C(=O)O)c(Cl)c1. The zero-order chi connectivity index (χ0) is 13.8. The molecule has 1 fully saturated rings. The number of halogens is 1. The lowest BCUT2D eigenvalue weighted by Gasteiger charge is -2.35. The van der Waals surface area contributed by atoms with Gasteiger partial charge < -0.3 is 10.0 Å². The summed E-state index contributed by atoms with van der Waals surface area (Å²) in [4.78, 5) is 12.9. The molecule has 0 saturated carbocycles. The Bertz CT molecular complexity index is 499. The summed E-state index contributed by atoms with van der Waals surface area (Å²) in [6.07, 6.45) is 6.32. The van der Waals surface area contributed by atoms with Crippen LogP contribution in [0.15, 0.2) is 24.3 Å². The number of piperidine rings is 1. The number of hydrogen-bond acceptors (Lipinski definition) is 2. The fraction of sp³-hybridized carbons (Fsp3) is 0.400. The van der Waals surface area contributed by atoms with Gasteiger partial charge in [0.2, 0.25) is 0 Å². The number of carboxylic acid groups (broad SMARTS) is 1.